The van der Waals surface area contributed by atoms with E-state index in [4.69, 9.17) is 16.3 Å². The standard InChI is InChI=1S/C19H26ClN3O5/c1-18(2,3)28-17(25)22-19(9-5-4-6-10-19)12-21-16(24)14-8-7-13(20)11-15(14)23(26)27/h7-8,11H,4-6,9-10,12H2,1-3H3,(H,21,24)(H,22,25). The van der Waals surface area contributed by atoms with Crippen molar-refractivity contribution >= 4 is 29.3 Å². The molecule has 0 radical (unpaired) electrons. The molecule has 0 unspecified atom stereocenters. The average molecular weight is 412 g/mol. The van der Waals surface area contributed by atoms with Crippen molar-refractivity contribution in [3.05, 3.63) is 38.9 Å². The molecule has 0 aromatic heterocycles. The molecule has 1 fully saturated rings. The molecule has 0 bridgehead atoms. The first-order chi connectivity index (χ1) is 13.0. The fourth-order valence-corrected chi connectivity index (χ4v) is 3.45. The van der Waals surface area contributed by atoms with Crippen molar-refractivity contribution in [2.45, 2.75) is 64.0 Å². The maximum absolute atomic E-state index is 12.6. The Kier molecular flexibility index (Phi) is 6.87. The quantitative estimate of drug-likeness (QED) is 0.557. The fourth-order valence-electron chi connectivity index (χ4n) is 3.29. The van der Waals surface area contributed by atoms with Gasteiger partial charge in [-0.05, 0) is 45.7 Å². The summed E-state index contributed by atoms with van der Waals surface area (Å²) in [5.74, 6) is -0.584. The smallest absolute Gasteiger partial charge is 0.408 e. The Morgan fingerprint density at radius 3 is 2.46 bits per heavy atom. The Morgan fingerprint density at radius 2 is 1.89 bits per heavy atom. The Bertz CT molecular complexity index is 754. The number of carbonyl (C=O) groups is 2. The molecular formula is C19H26ClN3O5. The van der Waals surface area contributed by atoms with E-state index >= 15 is 0 Å². The van der Waals surface area contributed by atoms with Crippen LogP contribution in [0.2, 0.25) is 5.02 Å². The molecule has 0 aliphatic heterocycles. The molecule has 1 saturated carbocycles. The van der Waals surface area contributed by atoms with Gasteiger partial charge >= 0.3 is 6.09 Å². The molecular weight excluding hydrogens is 386 g/mol. The molecule has 0 heterocycles. The van der Waals surface area contributed by atoms with Gasteiger partial charge in [0.15, 0.2) is 0 Å². The van der Waals surface area contributed by atoms with E-state index in [0.29, 0.717) is 12.8 Å². The second-order valence-electron chi connectivity index (χ2n) is 8.07. The largest absolute Gasteiger partial charge is 0.444 e. The topological polar surface area (TPSA) is 111 Å². The average Bonchev–Trinajstić information content (AvgIpc) is 2.58. The molecule has 1 aliphatic carbocycles. The van der Waals surface area contributed by atoms with Crippen LogP contribution in [0.3, 0.4) is 0 Å². The van der Waals surface area contributed by atoms with Gasteiger partial charge in [-0.3, -0.25) is 14.9 Å². The van der Waals surface area contributed by atoms with Gasteiger partial charge in [0.05, 0.1) is 10.5 Å². The lowest BCUT2D eigenvalue weighted by Crippen LogP contribution is -2.57. The lowest BCUT2D eigenvalue weighted by molar-refractivity contribution is -0.385. The van der Waals surface area contributed by atoms with Gasteiger partial charge in [0, 0.05) is 17.6 Å². The Labute approximate surface area is 169 Å². The molecule has 0 spiro atoms. The van der Waals surface area contributed by atoms with Crippen molar-refractivity contribution in [2.75, 3.05) is 6.54 Å². The molecule has 28 heavy (non-hydrogen) atoms. The number of alkyl carbamates (subject to hydrolysis) is 1. The number of rotatable bonds is 5. The second kappa shape index (κ2) is 8.77. The zero-order valence-corrected chi connectivity index (χ0v) is 17.1. The summed E-state index contributed by atoms with van der Waals surface area (Å²) in [6.07, 6.45) is 3.71. The minimum atomic E-state index is -0.643. The first-order valence-corrected chi connectivity index (χ1v) is 9.62. The van der Waals surface area contributed by atoms with Crippen LogP contribution in [0.1, 0.15) is 63.2 Å². The van der Waals surface area contributed by atoms with Gasteiger partial charge in [0.25, 0.3) is 11.6 Å². The van der Waals surface area contributed by atoms with Crippen molar-refractivity contribution < 1.29 is 19.2 Å². The molecule has 1 aromatic rings. The van der Waals surface area contributed by atoms with Gasteiger partial charge in [-0.1, -0.05) is 30.9 Å². The van der Waals surface area contributed by atoms with Crippen LogP contribution in [-0.2, 0) is 4.74 Å². The Balaban J connectivity index is 2.12. The van der Waals surface area contributed by atoms with Crippen LogP contribution in [0, 0.1) is 10.1 Å². The van der Waals surface area contributed by atoms with Crippen LogP contribution in [0.5, 0.6) is 0 Å². The molecule has 8 nitrogen and oxygen atoms in total. The fraction of sp³-hybridized carbons (Fsp3) is 0.579. The summed E-state index contributed by atoms with van der Waals surface area (Å²) < 4.78 is 5.35. The van der Waals surface area contributed by atoms with Gasteiger partial charge in [0.1, 0.15) is 11.2 Å². The van der Waals surface area contributed by atoms with Crippen LogP contribution in [0.25, 0.3) is 0 Å². The van der Waals surface area contributed by atoms with Crippen molar-refractivity contribution in [1.82, 2.24) is 10.6 Å². The number of nitro groups is 1. The highest BCUT2D eigenvalue weighted by Crippen LogP contribution is 2.29. The third-order valence-electron chi connectivity index (χ3n) is 4.57. The number of benzene rings is 1. The predicted molar refractivity (Wildman–Crippen MR) is 106 cm³/mol. The van der Waals surface area contributed by atoms with Crippen molar-refractivity contribution in [3.63, 3.8) is 0 Å². The molecule has 1 aromatic carbocycles. The third kappa shape index (κ3) is 6.09. The summed E-state index contributed by atoms with van der Waals surface area (Å²) in [4.78, 5) is 35.4. The molecule has 2 rings (SSSR count). The summed E-state index contributed by atoms with van der Waals surface area (Å²) in [6.45, 7) is 5.50. The molecule has 9 heteroatoms. The highest BCUT2D eigenvalue weighted by Gasteiger charge is 2.36. The van der Waals surface area contributed by atoms with E-state index in [-0.39, 0.29) is 22.8 Å². The monoisotopic (exact) mass is 411 g/mol. The first-order valence-electron chi connectivity index (χ1n) is 9.25. The lowest BCUT2D eigenvalue weighted by atomic mass is 9.81. The van der Waals surface area contributed by atoms with Crippen molar-refractivity contribution in [1.29, 1.82) is 0 Å². The van der Waals surface area contributed by atoms with Crippen LogP contribution in [0.15, 0.2) is 18.2 Å². The number of nitrogens with one attached hydrogen (secondary N) is 2. The SMILES string of the molecule is CC(C)(C)OC(=O)NC1(CNC(=O)c2ccc(Cl)cc2[N+](=O)[O-])CCCCC1. The van der Waals surface area contributed by atoms with Crippen LogP contribution in [-0.4, -0.2) is 34.6 Å². The maximum atomic E-state index is 12.6. The van der Waals surface area contributed by atoms with Crippen LogP contribution in [0.4, 0.5) is 10.5 Å². The minimum absolute atomic E-state index is 0.0716. The van der Waals surface area contributed by atoms with E-state index < -0.39 is 28.1 Å². The first kappa shape index (κ1) is 21.9. The molecule has 0 atom stereocenters. The number of halogens is 1. The van der Waals surface area contributed by atoms with Gasteiger partial charge in [-0.25, -0.2) is 4.79 Å². The lowest BCUT2D eigenvalue weighted by Gasteiger charge is -2.38. The van der Waals surface area contributed by atoms with Crippen molar-refractivity contribution in [3.8, 4) is 0 Å². The summed E-state index contributed by atoms with van der Waals surface area (Å²) >= 11 is 5.80. The van der Waals surface area contributed by atoms with E-state index in [1.54, 1.807) is 20.8 Å². The maximum Gasteiger partial charge on any atom is 0.408 e. The van der Waals surface area contributed by atoms with Crippen LogP contribution < -0.4 is 10.6 Å². The number of nitrogens with zero attached hydrogens (tertiary/aromatic N) is 1. The number of hydrogen-bond acceptors (Lipinski definition) is 5. The van der Waals surface area contributed by atoms with E-state index in [9.17, 15) is 19.7 Å². The molecule has 0 saturated heterocycles. The highest BCUT2D eigenvalue weighted by atomic mass is 35.5. The zero-order chi connectivity index (χ0) is 20.9. The number of ether oxygens (including phenoxy) is 1. The van der Waals surface area contributed by atoms with E-state index in [0.717, 1.165) is 25.3 Å². The second-order valence-corrected chi connectivity index (χ2v) is 8.51. The Hall–Kier alpha value is -2.35. The van der Waals surface area contributed by atoms with Gasteiger partial charge < -0.3 is 15.4 Å². The summed E-state index contributed by atoms with van der Waals surface area (Å²) in [7, 11) is 0. The van der Waals surface area contributed by atoms with Gasteiger partial charge in [-0.2, -0.15) is 0 Å². The number of carbonyl (C=O) groups excluding carboxylic acids is 2. The highest BCUT2D eigenvalue weighted by molar-refractivity contribution is 6.31. The van der Waals surface area contributed by atoms with E-state index in [1.165, 1.54) is 12.1 Å². The normalized spacial score (nSPS) is 16.1. The Morgan fingerprint density at radius 1 is 1.25 bits per heavy atom. The number of hydrogen-bond donors (Lipinski definition) is 2. The summed E-state index contributed by atoms with van der Waals surface area (Å²) in [6, 6.07) is 3.90. The molecule has 154 valence electrons. The molecule has 2 N–H and O–H groups in total. The van der Waals surface area contributed by atoms with Crippen molar-refractivity contribution in [2.24, 2.45) is 0 Å². The van der Waals surface area contributed by atoms with Gasteiger partial charge in [0.2, 0.25) is 0 Å². The number of amides is 2. The van der Waals surface area contributed by atoms with E-state index in [1.807, 2.05) is 0 Å². The molecule has 1 aliphatic rings. The third-order valence-corrected chi connectivity index (χ3v) is 4.80. The predicted octanol–water partition coefficient (Wildman–Crippen LogP) is 4.21. The molecule has 2 amide bonds. The zero-order valence-electron chi connectivity index (χ0n) is 16.3. The minimum Gasteiger partial charge on any atom is -0.444 e. The van der Waals surface area contributed by atoms with Gasteiger partial charge in [-0.15, -0.1) is 0 Å². The summed E-state index contributed by atoms with van der Waals surface area (Å²) in [5, 5.41) is 17.0. The summed E-state index contributed by atoms with van der Waals surface area (Å²) in [5.41, 5.74) is -1.70. The number of nitro benzene ring substituents is 1. The van der Waals surface area contributed by atoms with E-state index in [2.05, 4.69) is 10.6 Å². The van der Waals surface area contributed by atoms with Crippen LogP contribution >= 0.6 is 11.6 Å².